The van der Waals surface area contributed by atoms with Gasteiger partial charge in [-0.3, -0.25) is 9.59 Å². The average molecular weight is 326 g/mol. The number of benzene rings is 1. The third-order valence-electron chi connectivity index (χ3n) is 5.25. The standard InChI is InChI=1S/C19H19FN2O2/c20-13-8-6-12(7-9-13)11-22-10-2-5-16(19(22)24)21-18(23)17-14-3-1-4-15(14)17/h2,5-10,14-15,17H,1,3-4,11H2,(H,21,23). The molecule has 4 nitrogen and oxygen atoms in total. The molecule has 0 spiro atoms. The van der Waals surface area contributed by atoms with E-state index in [9.17, 15) is 14.0 Å². The number of amides is 1. The molecule has 1 amide bonds. The van der Waals surface area contributed by atoms with Crippen LogP contribution in [0.4, 0.5) is 10.1 Å². The van der Waals surface area contributed by atoms with Crippen molar-refractivity contribution in [3.8, 4) is 0 Å². The van der Waals surface area contributed by atoms with Gasteiger partial charge in [-0.25, -0.2) is 4.39 Å². The van der Waals surface area contributed by atoms with Crippen molar-refractivity contribution in [1.29, 1.82) is 0 Å². The van der Waals surface area contributed by atoms with Crippen molar-refractivity contribution in [2.75, 3.05) is 5.32 Å². The van der Waals surface area contributed by atoms with E-state index in [2.05, 4.69) is 5.32 Å². The number of aromatic nitrogens is 1. The number of anilines is 1. The van der Waals surface area contributed by atoms with Crippen LogP contribution in [0.1, 0.15) is 24.8 Å². The summed E-state index contributed by atoms with van der Waals surface area (Å²) in [4.78, 5) is 24.9. The fourth-order valence-corrected chi connectivity index (χ4v) is 3.97. The van der Waals surface area contributed by atoms with Crippen molar-refractivity contribution in [3.05, 3.63) is 64.3 Å². The topological polar surface area (TPSA) is 51.1 Å². The minimum atomic E-state index is -0.304. The molecule has 2 atom stereocenters. The van der Waals surface area contributed by atoms with Gasteiger partial charge < -0.3 is 9.88 Å². The van der Waals surface area contributed by atoms with Crippen LogP contribution in [0.3, 0.4) is 0 Å². The molecule has 1 aromatic heterocycles. The summed E-state index contributed by atoms with van der Waals surface area (Å²) in [5.74, 6) is 0.803. The van der Waals surface area contributed by atoms with Crippen LogP contribution in [0.25, 0.3) is 0 Å². The van der Waals surface area contributed by atoms with Crippen molar-refractivity contribution < 1.29 is 9.18 Å². The molecule has 124 valence electrons. The highest BCUT2D eigenvalue weighted by atomic mass is 19.1. The maximum atomic E-state index is 13.0. The van der Waals surface area contributed by atoms with Crippen molar-refractivity contribution in [3.63, 3.8) is 0 Å². The van der Waals surface area contributed by atoms with Crippen molar-refractivity contribution >= 4 is 11.6 Å². The van der Waals surface area contributed by atoms with E-state index < -0.39 is 0 Å². The fourth-order valence-electron chi connectivity index (χ4n) is 3.97. The van der Waals surface area contributed by atoms with Crippen LogP contribution in [-0.2, 0) is 11.3 Å². The maximum absolute atomic E-state index is 13.0. The summed E-state index contributed by atoms with van der Waals surface area (Å²) < 4.78 is 14.5. The second-order valence-corrected chi connectivity index (χ2v) is 6.76. The van der Waals surface area contributed by atoms with Crippen molar-refractivity contribution in [2.45, 2.75) is 25.8 Å². The van der Waals surface area contributed by atoms with Gasteiger partial charge in [0.05, 0.1) is 6.54 Å². The Labute approximate surface area is 139 Å². The Hall–Kier alpha value is -2.43. The van der Waals surface area contributed by atoms with E-state index in [1.807, 2.05) is 0 Å². The Morgan fingerprint density at radius 2 is 1.88 bits per heavy atom. The van der Waals surface area contributed by atoms with E-state index in [-0.39, 0.29) is 23.2 Å². The predicted molar refractivity (Wildman–Crippen MR) is 89.2 cm³/mol. The van der Waals surface area contributed by atoms with Gasteiger partial charge in [0.1, 0.15) is 11.5 Å². The van der Waals surface area contributed by atoms with Gasteiger partial charge in [0.15, 0.2) is 0 Å². The second kappa shape index (κ2) is 5.89. The molecule has 5 heteroatoms. The summed E-state index contributed by atoms with van der Waals surface area (Å²) in [6.07, 6.45) is 5.15. The molecule has 24 heavy (non-hydrogen) atoms. The Balaban J connectivity index is 1.49. The molecule has 2 saturated carbocycles. The van der Waals surface area contributed by atoms with Crippen LogP contribution in [-0.4, -0.2) is 10.5 Å². The lowest BCUT2D eigenvalue weighted by Crippen LogP contribution is -2.27. The van der Waals surface area contributed by atoms with Gasteiger partial charge in [-0.15, -0.1) is 0 Å². The van der Waals surface area contributed by atoms with Crippen molar-refractivity contribution in [1.82, 2.24) is 4.57 Å². The summed E-state index contributed by atoms with van der Waals surface area (Å²) in [5, 5.41) is 2.80. The van der Waals surface area contributed by atoms with E-state index in [4.69, 9.17) is 0 Å². The predicted octanol–water partition coefficient (Wildman–Crippen LogP) is 3.02. The molecule has 0 saturated heterocycles. The van der Waals surface area contributed by atoms with Gasteiger partial charge in [-0.1, -0.05) is 18.6 Å². The van der Waals surface area contributed by atoms with Crippen molar-refractivity contribution in [2.24, 2.45) is 17.8 Å². The van der Waals surface area contributed by atoms with E-state index in [1.54, 1.807) is 30.5 Å². The summed E-state index contributed by atoms with van der Waals surface area (Å²) in [7, 11) is 0. The van der Waals surface area contributed by atoms with Crippen LogP contribution in [0.2, 0.25) is 0 Å². The van der Waals surface area contributed by atoms with Gasteiger partial charge in [0.25, 0.3) is 5.56 Å². The number of hydrogen-bond acceptors (Lipinski definition) is 2. The molecule has 1 aromatic carbocycles. The molecule has 2 aliphatic rings. The van der Waals surface area contributed by atoms with E-state index in [0.29, 0.717) is 24.1 Å². The number of pyridine rings is 1. The Morgan fingerprint density at radius 1 is 1.17 bits per heavy atom. The quantitative estimate of drug-likeness (QED) is 0.939. The number of carbonyl (C=O) groups excluding carboxylic acids is 1. The van der Waals surface area contributed by atoms with E-state index >= 15 is 0 Å². The summed E-state index contributed by atoms with van der Waals surface area (Å²) in [5.41, 5.74) is 0.911. The first kappa shape index (κ1) is 15.1. The van der Waals surface area contributed by atoms with E-state index in [0.717, 1.165) is 18.4 Å². The number of fused-ring (bicyclic) bond motifs is 1. The molecule has 2 aliphatic carbocycles. The summed E-state index contributed by atoms with van der Waals surface area (Å²) in [6.45, 7) is 0.345. The number of hydrogen-bond donors (Lipinski definition) is 1. The highest BCUT2D eigenvalue weighted by molar-refractivity contribution is 5.94. The van der Waals surface area contributed by atoms with Gasteiger partial charge >= 0.3 is 0 Å². The normalized spacial score (nSPS) is 24.5. The third-order valence-corrected chi connectivity index (χ3v) is 5.25. The number of rotatable bonds is 4. The zero-order valence-corrected chi connectivity index (χ0v) is 13.2. The zero-order valence-electron chi connectivity index (χ0n) is 13.2. The molecule has 4 rings (SSSR count). The average Bonchev–Trinajstić information content (AvgIpc) is 3.06. The van der Waals surface area contributed by atoms with Gasteiger partial charge in [0, 0.05) is 12.1 Å². The lowest BCUT2D eigenvalue weighted by Gasteiger charge is -2.10. The lowest BCUT2D eigenvalue weighted by atomic mass is 10.1. The Bertz CT molecular complexity index is 818. The molecular formula is C19H19FN2O2. The second-order valence-electron chi connectivity index (χ2n) is 6.76. The molecule has 1 heterocycles. The number of carbonyl (C=O) groups is 1. The van der Waals surface area contributed by atoms with Gasteiger partial charge in [0.2, 0.25) is 5.91 Å². The molecular weight excluding hydrogens is 307 g/mol. The number of nitrogens with zero attached hydrogens (tertiary/aromatic N) is 1. The number of halogens is 1. The maximum Gasteiger partial charge on any atom is 0.274 e. The Morgan fingerprint density at radius 3 is 2.58 bits per heavy atom. The first-order valence-corrected chi connectivity index (χ1v) is 8.38. The van der Waals surface area contributed by atoms with E-state index in [1.165, 1.54) is 23.1 Å². The lowest BCUT2D eigenvalue weighted by molar-refractivity contribution is -0.118. The highest BCUT2D eigenvalue weighted by Crippen LogP contribution is 2.57. The molecule has 1 N–H and O–H groups in total. The monoisotopic (exact) mass is 326 g/mol. The van der Waals surface area contributed by atoms with Gasteiger partial charge in [-0.2, -0.15) is 0 Å². The molecule has 2 unspecified atom stereocenters. The summed E-state index contributed by atoms with van der Waals surface area (Å²) in [6, 6.07) is 9.43. The van der Waals surface area contributed by atoms with Crippen LogP contribution in [0, 0.1) is 23.6 Å². The van der Waals surface area contributed by atoms with Crippen LogP contribution >= 0.6 is 0 Å². The first-order valence-electron chi connectivity index (χ1n) is 8.38. The molecule has 2 fully saturated rings. The SMILES string of the molecule is O=C(Nc1cccn(Cc2ccc(F)cc2)c1=O)C1C2CCCC21. The van der Waals surface area contributed by atoms with Crippen LogP contribution in [0.5, 0.6) is 0 Å². The minimum Gasteiger partial charge on any atom is -0.321 e. The highest BCUT2D eigenvalue weighted by Gasteiger charge is 2.56. The van der Waals surface area contributed by atoms with Crippen LogP contribution < -0.4 is 10.9 Å². The Kier molecular flexibility index (Phi) is 3.71. The third kappa shape index (κ3) is 2.75. The molecule has 0 bridgehead atoms. The number of nitrogens with one attached hydrogen (secondary N) is 1. The largest absolute Gasteiger partial charge is 0.321 e. The smallest absolute Gasteiger partial charge is 0.274 e. The fraction of sp³-hybridized carbons (Fsp3) is 0.368. The molecule has 0 aliphatic heterocycles. The van der Waals surface area contributed by atoms with Gasteiger partial charge in [-0.05, 0) is 54.5 Å². The van der Waals surface area contributed by atoms with Crippen LogP contribution in [0.15, 0.2) is 47.4 Å². The zero-order chi connectivity index (χ0) is 16.7. The molecule has 0 radical (unpaired) electrons. The minimum absolute atomic E-state index is 0.0265. The summed E-state index contributed by atoms with van der Waals surface area (Å²) >= 11 is 0. The molecule has 2 aromatic rings. The first-order chi connectivity index (χ1) is 11.6.